The minimum Gasteiger partial charge on any atom is -0.379 e. The highest BCUT2D eigenvalue weighted by molar-refractivity contribution is 4.76. The van der Waals surface area contributed by atoms with Crippen LogP contribution in [0.25, 0.3) is 0 Å². The summed E-state index contributed by atoms with van der Waals surface area (Å²) in [6.45, 7) is 8.45. The van der Waals surface area contributed by atoms with E-state index in [9.17, 15) is 0 Å². The van der Waals surface area contributed by atoms with Crippen LogP contribution >= 0.6 is 0 Å². The van der Waals surface area contributed by atoms with Crippen molar-refractivity contribution in [1.82, 2.24) is 10.2 Å². The van der Waals surface area contributed by atoms with Crippen molar-refractivity contribution in [3.63, 3.8) is 0 Å². The van der Waals surface area contributed by atoms with Crippen LogP contribution in [0.3, 0.4) is 0 Å². The van der Waals surface area contributed by atoms with E-state index in [0.717, 1.165) is 44.2 Å². The first-order valence-electron chi connectivity index (χ1n) is 8.05. The van der Waals surface area contributed by atoms with Crippen molar-refractivity contribution in [2.24, 2.45) is 11.8 Å². The highest BCUT2D eigenvalue weighted by Crippen LogP contribution is 2.28. The van der Waals surface area contributed by atoms with Crippen LogP contribution in [0.2, 0.25) is 0 Å². The SMILES string of the molecule is CC(C)C1CCCC(NCCOCCN(C)C)CC1. The molecule has 1 fully saturated rings. The second kappa shape index (κ2) is 9.73. The van der Waals surface area contributed by atoms with Gasteiger partial charge in [-0.3, -0.25) is 0 Å². The van der Waals surface area contributed by atoms with Gasteiger partial charge < -0.3 is 15.0 Å². The maximum atomic E-state index is 5.62. The number of hydrogen-bond acceptors (Lipinski definition) is 3. The van der Waals surface area contributed by atoms with Crippen LogP contribution in [0.15, 0.2) is 0 Å². The summed E-state index contributed by atoms with van der Waals surface area (Å²) in [7, 11) is 4.16. The Kier molecular flexibility index (Phi) is 8.67. The molecule has 1 N–H and O–H groups in total. The predicted octanol–water partition coefficient (Wildman–Crippen LogP) is 2.76. The Morgan fingerprint density at radius 1 is 1.11 bits per heavy atom. The van der Waals surface area contributed by atoms with E-state index in [-0.39, 0.29) is 0 Å². The van der Waals surface area contributed by atoms with Crippen LogP contribution in [0.1, 0.15) is 46.0 Å². The van der Waals surface area contributed by atoms with Gasteiger partial charge in [0.2, 0.25) is 0 Å². The molecule has 0 saturated heterocycles. The molecule has 0 amide bonds. The summed E-state index contributed by atoms with van der Waals surface area (Å²) in [5, 5.41) is 3.67. The number of hydrogen-bond donors (Lipinski definition) is 1. The van der Waals surface area contributed by atoms with Crippen molar-refractivity contribution in [1.29, 1.82) is 0 Å². The third-order valence-electron chi connectivity index (χ3n) is 4.32. The summed E-state index contributed by atoms with van der Waals surface area (Å²) in [5.74, 6) is 1.80. The van der Waals surface area contributed by atoms with Gasteiger partial charge in [0.1, 0.15) is 0 Å². The Morgan fingerprint density at radius 3 is 2.58 bits per heavy atom. The van der Waals surface area contributed by atoms with E-state index in [1.165, 1.54) is 32.1 Å². The number of nitrogens with zero attached hydrogens (tertiary/aromatic N) is 1. The summed E-state index contributed by atoms with van der Waals surface area (Å²) in [5.41, 5.74) is 0. The molecule has 3 nitrogen and oxygen atoms in total. The molecule has 0 spiro atoms. The Hall–Kier alpha value is -0.120. The first-order valence-corrected chi connectivity index (χ1v) is 8.05. The number of nitrogens with one attached hydrogen (secondary N) is 1. The van der Waals surface area contributed by atoms with Crippen molar-refractivity contribution >= 4 is 0 Å². The molecule has 0 heterocycles. The molecule has 0 aromatic rings. The molecule has 0 bridgehead atoms. The van der Waals surface area contributed by atoms with E-state index >= 15 is 0 Å². The molecule has 1 aliphatic carbocycles. The normalized spacial score (nSPS) is 24.9. The highest BCUT2D eigenvalue weighted by atomic mass is 16.5. The quantitative estimate of drug-likeness (QED) is 0.542. The zero-order valence-corrected chi connectivity index (χ0v) is 13.5. The zero-order chi connectivity index (χ0) is 14.1. The third kappa shape index (κ3) is 7.91. The fourth-order valence-electron chi connectivity index (χ4n) is 2.89. The molecule has 1 aliphatic rings. The largest absolute Gasteiger partial charge is 0.379 e. The molecule has 1 saturated carbocycles. The van der Waals surface area contributed by atoms with Gasteiger partial charge in [-0.1, -0.05) is 26.7 Å². The molecule has 19 heavy (non-hydrogen) atoms. The molecule has 0 aromatic carbocycles. The van der Waals surface area contributed by atoms with E-state index in [1.807, 2.05) is 0 Å². The van der Waals surface area contributed by atoms with Gasteiger partial charge in [0.15, 0.2) is 0 Å². The van der Waals surface area contributed by atoms with Gasteiger partial charge in [0, 0.05) is 19.1 Å². The average Bonchev–Trinajstić information content (AvgIpc) is 2.58. The van der Waals surface area contributed by atoms with Crippen LogP contribution in [-0.2, 0) is 4.74 Å². The molecule has 114 valence electrons. The van der Waals surface area contributed by atoms with Crippen LogP contribution in [0, 0.1) is 11.8 Å². The Balaban J connectivity index is 2.03. The predicted molar refractivity (Wildman–Crippen MR) is 82.6 cm³/mol. The lowest BCUT2D eigenvalue weighted by Crippen LogP contribution is -2.32. The molecular weight excluding hydrogens is 236 g/mol. The zero-order valence-electron chi connectivity index (χ0n) is 13.5. The summed E-state index contributed by atoms with van der Waals surface area (Å²) in [6.07, 6.45) is 6.91. The lowest BCUT2D eigenvalue weighted by atomic mass is 9.89. The topological polar surface area (TPSA) is 24.5 Å². The van der Waals surface area contributed by atoms with Crippen molar-refractivity contribution in [2.75, 3.05) is 40.4 Å². The van der Waals surface area contributed by atoms with Crippen molar-refractivity contribution in [2.45, 2.75) is 52.0 Å². The van der Waals surface area contributed by atoms with Gasteiger partial charge in [-0.05, 0) is 45.2 Å². The van der Waals surface area contributed by atoms with Crippen LogP contribution in [0.4, 0.5) is 0 Å². The molecule has 2 atom stereocenters. The van der Waals surface area contributed by atoms with Crippen LogP contribution < -0.4 is 5.32 Å². The molecule has 2 unspecified atom stereocenters. The summed E-state index contributed by atoms with van der Waals surface area (Å²) >= 11 is 0. The summed E-state index contributed by atoms with van der Waals surface area (Å²) in [4.78, 5) is 2.16. The fourth-order valence-corrected chi connectivity index (χ4v) is 2.89. The number of likely N-dealkylation sites (N-methyl/N-ethyl adjacent to an activating group) is 1. The van der Waals surface area contributed by atoms with E-state index in [1.54, 1.807) is 0 Å². The lowest BCUT2D eigenvalue weighted by Gasteiger charge is -2.19. The van der Waals surface area contributed by atoms with Gasteiger partial charge in [0.05, 0.1) is 13.2 Å². The van der Waals surface area contributed by atoms with Gasteiger partial charge in [-0.15, -0.1) is 0 Å². The highest BCUT2D eigenvalue weighted by Gasteiger charge is 2.20. The Bertz CT molecular complexity index is 219. The van der Waals surface area contributed by atoms with E-state index in [4.69, 9.17) is 4.74 Å². The maximum absolute atomic E-state index is 5.62. The summed E-state index contributed by atoms with van der Waals surface area (Å²) < 4.78 is 5.62. The maximum Gasteiger partial charge on any atom is 0.0593 e. The molecule has 0 aliphatic heterocycles. The van der Waals surface area contributed by atoms with Gasteiger partial charge in [-0.2, -0.15) is 0 Å². The fraction of sp³-hybridized carbons (Fsp3) is 1.00. The first-order chi connectivity index (χ1) is 9.09. The Morgan fingerprint density at radius 2 is 1.89 bits per heavy atom. The molecule has 0 aromatic heterocycles. The molecule has 1 rings (SSSR count). The van der Waals surface area contributed by atoms with E-state index in [0.29, 0.717) is 0 Å². The smallest absolute Gasteiger partial charge is 0.0593 e. The second-order valence-electron chi connectivity index (χ2n) is 6.58. The minimum absolute atomic E-state index is 0.723. The average molecular weight is 270 g/mol. The minimum atomic E-state index is 0.723. The van der Waals surface area contributed by atoms with Gasteiger partial charge in [0.25, 0.3) is 0 Å². The monoisotopic (exact) mass is 270 g/mol. The van der Waals surface area contributed by atoms with E-state index < -0.39 is 0 Å². The van der Waals surface area contributed by atoms with Crippen molar-refractivity contribution < 1.29 is 4.74 Å². The van der Waals surface area contributed by atoms with Gasteiger partial charge in [-0.25, -0.2) is 0 Å². The van der Waals surface area contributed by atoms with Crippen molar-refractivity contribution in [3.05, 3.63) is 0 Å². The first kappa shape index (κ1) is 16.9. The van der Waals surface area contributed by atoms with Gasteiger partial charge >= 0.3 is 0 Å². The van der Waals surface area contributed by atoms with Crippen molar-refractivity contribution in [3.8, 4) is 0 Å². The summed E-state index contributed by atoms with van der Waals surface area (Å²) in [6, 6.07) is 0.723. The Labute approximate surface area is 120 Å². The molecule has 3 heteroatoms. The number of ether oxygens (including phenoxy) is 1. The molecular formula is C16H34N2O. The third-order valence-corrected chi connectivity index (χ3v) is 4.32. The second-order valence-corrected chi connectivity index (χ2v) is 6.58. The standard InChI is InChI=1S/C16H34N2O/c1-14(2)15-6-5-7-16(9-8-15)17-10-12-19-13-11-18(3)4/h14-17H,5-13H2,1-4H3. The van der Waals surface area contributed by atoms with Crippen LogP contribution in [-0.4, -0.2) is 51.3 Å². The molecule has 0 radical (unpaired) electrons. The van der Waals surface area contributed by atoms with E-state index in [2.05, 4.69) is 38.2 Å². The van der Waals surface area contributed by atoms with Crippen LogP contribution in [0.5, 0.6) is 0 Å². The number of rotatable bonds is 8. The lowest BCUT2D eigenvalue weighted by molar-refractivity contribution is 0.117.